The Balaban J connectivity index is 2.03. The van der Waals surface area contributed by atoms with Gasteiger partial charge in [0.2, 0.25) is 0 Å². The fourth-order valence-electron chi connectivity index (χ4n) is 2.13. The topological polar surface area (TPSA) is 38.1 Å². The molecule has 0 amide bonds. The summed E-state index contributed by atoms with van der Waals surface area (Å²) in [5, 5.41) is 1.37. The van der Waals surface area contributed by atoms with Crippen molar-refractivity contribution >= 4 is 45.3 Å². The Morgan fingerprint density at radius 3 is 2.29 bits per heavy atom. The summed E-state index contributed by atoms with van der Waals surface area (Å²) >= 11 is 11.9. The second-order valence-corrected chi connectivity index (χ2v) is 8.51. The normalized spacial score (nSPS) is 18.8. The molecular weight excluding hydrogens is 325 g/mol. The predicted octanol–water partition coefficient (Wildman–Crippen LogP) is 5.17. The maximum absolute atomic E-state index is 5.97. The van der Waals surface area contributed by atoms with Crippen LogP contribution in [0.25, 0.3) is 0 Å². The van der Waals surface area contributed by atoms with Gasteiger partial charge in [0.05, 0.1) is 11.2 Å². The number of fused-ring (bicyclic) bond motifs is 1. The Bertz CT molecular complexity index is 718. The van der Waals surface area contributed by atoms with Crippen LogP contribution in [0.3, 0.4) is 0 Å². The van der Waals surface area contributed by atoms with Gasteiger partial charge in [-0.2, -0.15) is 0 Å². The van der Waals surface area contributed by atoms with E-state index >= 15 is 0 Å². The molecule has 0 saturated carbocycles. The molecule has 0 aliphatic carbocycles. The molecule has 0 spiro atoms. The number of nitrogens with zero attached hydrogens (tertiary/aromatic N) is 3. The van der Waals surface area contributed by atoms with Crippen LogP contribution >= 0.6 is 34.1 Å². The lowest BCUT2D eigenvalue weighted by molar-refractivity contribution is 0.590. The minimum absolute atomic E-state index is 0.103. The van der Waals surface area contributed by atoms with Gasteiger partial charge in [0.25, 0.3) is 0 Å². The molecule has 2 heterocycles. The van der Waals surface area contributed by atoms with Gasteiger partial charge in [-0.05, 0) is 23.1 Å². The minimum Gasteiger partial charge on any atom is -0.250 e. The number of aliphatic imine (C=N–C) groups is 1. The van der Waals surface area contributed by atoms with Crippen LogP contribution in [0.5, 0.6) is 0 Å². The number of rotatable bonds is 1. The Labute approximate surface area is 136 Å². The summed E-state index contributed by atoms with van der Waals surface area (Å²) in [5.41, 5.74) is 4.27. The van der Waals surface area contributed by atoms with Gasteiger partial charge in [0.1, 0.15) is 10.3 Å². The van der Waals surface area contributed by atoms with Crippen molar-refractivity contribution in [2.75, 3.05) is 0 Å². The Hall–Kier alpha value is -1.10. The van der Waals surface area contributed by atoms with Gasteiger partial charge >= 0.3 is 0 Å². The molecule has 1 atom stereocenters. The van der Waals surface area contributed by atoms with Crippen LogP contribution in [-0.2, 0) is 5.41 Å². The molecule has 6 heteroatoms. The smallest absolute Gasteiger partial charge is 0.179 e. The number of halogens is 2. The first-order chi connectivity index (χ1) is 9.84. The molecule has 0 saturated heterocycles. The first-order valence-electron chi connectivity index (χ1n) is 6.52. The van der Waals surface area contributed by atoms with Crippen molar-refractivity contribution in [3.05, 3.63) is 40.1 Å². The molecule has 3 rings (SSSR count). The zero-order valence-electron chi connectivity index (χ0n) is 11.9. The Morgan fingerprint density at radius 2 is 1.67 bits per heavy atom. The minimum atomic E-state index is -0.819. The Morgan fingerprint density at radius 1 is 1.00 bits per heavy atom. The van der Waals surface area contributed by atoms with Crippen LogP contribution in [0.2, 0.25) is 10.3 Å². The summed E-state index contributed by atoms with van der Waals surface area (Å²) in [6, 6.07) is 7.95. The van der Waals surface area contributed by atoms with Gasteiger partial charge in [-0.15, -0.1) is 10.9 Å². The predicted molar refractivity (Wildman–Crippen MR) is 90.9 cm³/mol. The molecule has 1 aromatic carbocycles. The van der Waals surface area contributed by atoms with Gasteiger partial charge in [-0.3, -0.25) is 0 Å². The SMILES string of the molecule is CC(C)(C)c1ccc2c(c1)N=C[SH]2c1nc(Cl)cc(Cl)n1. The average molecular weight is 340 g/mol. The molecule has 0 N–H and O–H groups in total. The Kier molecular flexibility index (Phi) is 3.72. The highest BCUT2D eigenvalue weighted by Gasteiger charge is 2.23. The van der Waals surface area contributed by atoms with E-state index < -0.39 is 10.9 Å². The van der Waals surface area contributed by atoms with E-state index in [1.807, 2.05) is 5.55 Å². The van der Waals surface area contributed by atoms with Gasteiger partial charge in [0, 0.05) is 11.0 Å². The first kappa shape index (κ1) is 14.8. The summed E-state index contributed by atoms with van der Waals surface area (Å²) in [5.74, 6) is 0. The molecule has 1 aliphatic rings. The molecule has 0 bridgehead atoms. The quantitative estimate of drug-likeness (QED) is 0.442. The fraction of sp³-hybridized carbons (Fsp3) is 0.267. The van der Waals surface area contributed by atoms with E-state index in [4.69, 9.17) is 23.2 Å². The van der Waals surface area contributed by atoms with E-state index in [2.05, 4.69) is 53.9 Å². The van der Waals surface area contributed by atoms with E-state index in [0.29, 0.717) is 15.5 Å². The molecule has 21 heavy (non-hydrogen) atoms. The number of benzene rings is 1. The largest absolute Gasteiger partial charge is 0.250 e. The molecule has 0 radical (unpaired) electrons. The van der Waals surface area contributed by atoms with Crippen LogP contribution in [0.4, 0.5) is 5.69 Å². The lowest BCUT2D eigenvalue weighted by Crippen LogP contribution is -2.10. The molecule has 1 unspecified atom stereocenters. The van der Waals surface area contributed by atoms with Crippen LogP contribution in [0.1, 0.15) is 26.3 Å². The van der Waals surface area contributed by atoms with Gasteiger partial charge in [-0.1, -0.05) is 50.0 Å². The van der Waals surface area contributed by atoms with E-state index in [1.54, 1.807) is 6.07 Å². The summed E-state index contributed by atoms with van der Waals surface area (Å²) in [4.78, 5) is 14.3. The van der Waals surface area contributed by atoms with Crippen molar-refractivity contribution in [1.29, 1.82) is 0 Å². The monoisotopic (exact) mass is 339 g/mol. The molecule has 1 aliphatic heterocycles. The van der Waals surface area contributed by atoms with Crippen LogP contribution in [0, 0.1) is 0 Å². The zero-order chi connectivity index (χ0) is 15.2. The van der Waals surface area contributed by atoms with Gasteiger partial charge < -0.3 is 0 Å². The molecular formula is C15H15Cl2N3S. The maximum Gasteiger partial charge on any atom is 0.179 e. The molecule has 3 nitrogen and oxygen atoms in total. The van der Waals surface area contributed by atoms with E-state index in [9.17, 15) is 0 Å². The summed E-state index contributed by atoms with van der Waals surface area (Å²) in [7, 11) is -0.819. The van der Waals surface area contributed by atoms with E-state index in [-0.39, 0.29) is 5.41 Å². The van der Waals surface area contributed by atoms with Gasteiger partial charge in [-0.25, -0.2) is 15.0 Å². The standard InChI is InChI=1S/C15H15Cl2N3S/c1-15(2,3)9-4-5-11-10(6-9)18-8-21(11)14-19-12(16)7-13(17)20-14/h4-8,21H,1-3H3. The first-order valence-corrected chi connectivity index (χ1v) is 8.69. The highest BCUT2D eigenvalue weighted by Crippen LogP contribution is 2.51. The highest BCUT2D eigenvalue weighted by molar-refractivity contribution is 8.28. The molecule has 1 aromatic heterocycles. The second-order valence-electron chi connectivity index (χ2n) is 5.88. The second kappa shape index (κ2) is 5.27. The van der Waals surface area contributed by atoms with Crippen LogP contribution in [0.15, 0.2) is 39.3 Å². The van der Waals surface area contributed by atoms with Crippen LogP contribution in [-0.4, -0.2) is 15.5 Å². The van der Waals surface area contributed by atoms with Crippen LogP contribution < -0.4 is 0 Å². The van der Waals surface area contributed by atoms with Crippen molar-refractivity contribution in [3.8, 4) is 0 Å². The third-order valence-electron chi connectivity index (χ3n) is 3.28. The summed E-state index contributed by atoms with van der Waals surface area (Å²) in [6.45, 7) is 6.57. The third-order valence-corrected chi connectivity index (χ3v) is 5.54. The lowest BCUT2D eigenvalue weighted by atomic mass is 9.87. The van der Waals surface area contributed by atoms with Gasteiger partial charge in [0.15, 0.2) is 5.16 Å². The summed E-state index contributed by atoms with van der Waals surface area (Å²) < 4.78 is 0. The number of thiol groups is 1. The average Bonchev–Trinajstić information content (AvgIpc) is 2.79. The van der Waals surface area contributed by atoms with Crippen molar-refractivity contribution in [1.82, 2.24) is 9.97 Å². The highest BCUT2D eigenvalue weighted by atomic mass is 35.5. The maximum atomic E-state index is 5.97. The van der Waals surface area contributed by atoms with E-state index in [1.165, 1.54) is 5.56 Å². The molecule has 2 aromatic rings. The zero-order valence-corrected chi connectivity index (χ0v) is 14.3. The number of aromatic nitrogens is 2. The van der Waals surface area contributed by atoms with E-state index in [0.717, 1.165) is 10.6 Å². The lowest BCUT2D eigenvalue weighted by Gasteiger charge is -2.20. The van der Waals surface area contributed by atoms with Crippen molar-refractivity contribution in [3.63, 3.8) is 0 Å². The molecule has 0 fully saturated rings. The summed E-state index contributed by atoms with van der Waals surface area (Å²) in [6.07, 6.45) is 0. The van der Waals surface area contributed by atoms with Crippen molar-refractivity contribution < 1.29 is 0 Å². The number of hydrogen-bond acceptors (Lipinski definition) is 3. The van der Waals surface area contributed by atoms with Crippen molar-refractivity contribution in [2.45, 2.75) is 36.2 Å². The van der Waals surface area contributed by atoms with Crippen molar-refractivity contribution in [2.24, 2.45) is 4.99 Å². The molecule has 110 valence electrons. The number of hydrogen-bond donors (Lipinski definition) is 1. The third kappa shape index (κ3) is 2.93. The fourth-order valence-corrected chi connectivity index (χ4v) is 4.38.